The van der Waals surface area contributed by atoms with Gasteiger partial charge >= 0.3 is 12.1 Å². The largest absolute Gasteiger partial charge is 0.463 e. The molecule has 0 spiro atoms. The third-order valence-corrected chi connectivity index (χ3v) is 3.16. The summed E-state index contributed by atoms with van der Waals surface area (Å²) in [6.07, 6.45) is -3.10. The summed E-state index contributed by atoms with van der Waals surface area (Å²) in [5, 5.41) is 8.95. The van der Waals surface area contributed by atoms with Gasteiger partial charge in [-0.05, 0) is 17.7 Å². The lowest BCUT2D eigenvalue weighted by atomic mass is 10.1. The highest BCUT2D eigenvalue weighted by molar-refractivity contribution is 5.95. The highest BCUT2D eigenvalue weighted by Crippen LogP contribution is 2.20. The van der Waals surface area contributed by atoms with E-state index in [0.717, 1.165) is 5.69 Å². The molecular weight excluding hydrogens is 347 g/mol. The molecule has 0 aromatic heterocycles. The molecule has 0 atom stereocenters. The highest BCUT2D eigenvalue weighted by Gasteiger charge is 2.27. The second-order valence-electron chi connectivity index (χ2n) is 5.31. The Kier molecular flexibility index (Phi) is 7.42. The van der Waals surface area contributed by atoms with Crippen LogP contribution in [0.15, 0.2) is 41.6 Å². The molecule has 0 aliphatic heterocycles. The third kappa shape index (κ3) is 6.70. The number of esters is 1. The zero-order valence-corrected chi connectivity index (χ0v) is 14.2. The van der Waals surface area contributed by atoms with E-state index in [1.54, 1.807) is 18.2 Å². The van der Waals surface area contributed by atoms with Crippen LogP contribution >= 0.6 is 0 Å². The quantitative estimate of drug-likeness (QED) is 0.252. The second-order valence-corrected chi connectivity index (χ2v) is 5.31. The molecule has 26 heavy (non-hydrogen) atoms. The van der Waals surface area contributed by atoms with Gasteiger partial charge in [0.05, 0.1) is 24.6 Å². The van der Waals surface area contributed by atoms with Crippen LogP contribution in [0.1, 0.15) is 12.0 Å². The fraction of sp³-hybridized carbons (Fsp3) is 0.278. The van der Waals surface area contributed by atoms with Crippen LogP contribution in [-0.4, -0.2) is 32.8 Å². The highest BCUT2D eigenvalue weighted by atomic mass is 19.4. The number of carbonyl (C=O) groups is 1. The van der Waals surface area contributed by atoms with Gasteiger partial charge in [0, 0.05) is 19.8 Å². The molecule has 0 bridgehead atoms. The van der Waals surface area contributed by atoms with Crippen LogP contribution in [-0.2, 0) is 9.53 Å². The first-order valence-corrected chi connectivity index (χ1v) is 7.39. The first kappa shape index (κ1) is 20.8. The van der Waals surface area contributed by atoms with E-state index in [1.165, 1.54) is 12.2 Å². The van der Waals surface area contributed by atoms with Crippen molar-refractivity contribution < 1.29 is 22.7 Å². The molecule has 1 aromatic carbocycles. The Labute approximate surface area is 149 Å². The number of nitriles is 1. The van der Waals surface area contributed by atoms with Crippen molar-refractivity contribution >= 4 is 17.7 Å². The Hall–Kier alpha value is -3.26. The van der Waals surface area contributed by atoms with Gasteiger partial charge in [0.15, 0.2) is 0 Å². The molecule has 0 saturated heterocycles. The van der Waals surface area contributed by atoms with Crippen molar-refractivity contribution in [3.8, 4) is 6.07 Å². The van der Waals surface area contributed by atoms with Crippen LogP contribution in [0, 0.1) is 17.9 Å². The molecule has 0 saturated carbocycles. The summed E-state index contributed by atoms with van der Waals surface area (Å²) in [5.41, 5.74) is 0.686. The van der Waals surface area contributed by atoms with Crippen molar-refractivity contribution in [1.82, 2.24) is 0 Å². The molecule has 0 unspecified atom stereocenters. The normalized spacial score (nSPS) is 12.1. The maximum atomic E-state index is 12.1. The van der Waals surface area contributed by atoms with Gasteiger partial charge < -0.3 is 9.64 Å². The lowest BCUT2D eigenvalue weighted by Crippen LogP contribution is -2.15. The number of hydrogen-bond donors (Lipinski definition) is 0. The number of nitrogens with zero attached hydrogens (tertiary/aromatic N) is 3. The van der Waals surface area contributed by atoms with Gasteiger partial charge in [-0.15, -0.1) is 0 Å². The fourth-order valence-electron chi connectivity index (χ4n) is 1.79. The number of benzene rings is 1. The summed E-state index contributed by atoms with van der Waals surface area (Å²) in [5.74, 6) is -1.15. The number of halogens is 3. The molecule has 1 rings (SSSR count). The van der Waals surface area contributed by atoms with E-state index in [9.17, 15) is 18.0 Å². The van der Waals surface area contributed by atoms with Crippen LogP contribution in [0.4, 0.5) is 18.9 Å². The van der Waals surface area contributed by atoms with E-state index in [4.69, 9.17) is 11.8 Å². The summed E-state index contributed by atoms with van der Waals surface area (Å²) in [4.78, 5) is 16.8. The van der Waals surface area contributed by atoms with Crippen molar-refractivity contribution in [3.05, 3.63) is 58.6 Å². The molecular formula is C18H16F3N3O2. The average Bonchev–Trinajstić information content (AvgIpc) is 2.57. The van der Waals surface area contributed by atoms with Crippen molar-refractivity contribution in [2.45, 2.75) is 12.6 Å². The number of anilines is 1. The maximum Gasteiger partial charge on any atom is 0.392 e. The zero-order chi connectivity index (χ0) is 19.7. The first-order valence-electron chi connectivity index (χ1n) is 7.39. The number of rotatable bonds is 6. The predicted molar refractivity (Wildman–Crippen MR) is 90.7 cm³/mol. The standard InChI is InChI=1S/C18H16F3N3O2/c1-23-16(12-22)15(17(25)26-11-10-18(19,20)21)9-6-13-4-7-14(8-5-13)24(2)3/h4-9H,10-11H2,2-3H3/b9-6+,16-15+. The van der Waals surface area contributed by atoms with Crippen LogP contribution < -0.4 is 4.90 Å². The van der Waals surface area contributed by atoms with Crippen LogP contribution in [0.3, 0.4) is 0 Å². The lowest BCUT2D eigenvalue weighted by Gasteiger charge is -2.11. The number of allylic oxidation sites excluding steroid dienone is 1. The molecule has 0 N–H and O–H groups in total. The summed E-state index contributed by atoms with van der Waals surface area (Å²) in [7, 11) is 3.75. The smallest absolute Gasteiger partial charge is 0.392 e. The summed E-state index contributed by atoms with van der Waals surface area (Å²) in [6.45, 7) is 6.05. The van der Waals surface area contributed by atoms with Gasteiger partial charge in [0.1, 0.15) is 6.61 Å². The zero-order valence-electron chi connectivity index (χ0n) is 14.2. The van der Waals surface area contributed by atoms with Crippen molar-refractivity contribution in [2.24, 2.45) is 0 Å². The topological polar surface area (TPSA) is 57.7 Å². The van der Waals surface area contributed by atoms with Crippen molar-refractivity contribution in [2.75, 3.05) is 25.6 Å². The molecule has 0 radical (unpaired) electrons. The Morgan fingerprint density at radius 2 is 1.96 bits per heavy atom. The van der Waals surface area contributed by atoms with Crippen LogP contribution in [0.5, 0.6) is 0 Å². The van der Waals surface area contributed by atoms with Crippen molar-refractivity contribution in [3.63, 3.8) is 0 Å². The third-order valence-electron chi connectivity index (χ3n) is 3.16. The summed E-state index contributed by atoms with van der Waals surface area (Å²) < 4.78 is 40.9. The average molecular weight is 363 g/mol. The minimum atomic E-state index is -4.47. The van der Waals surface area contributed by atoms with Gasteiger partial charge in [0.2, 0.25) is 0 Å². The van der Waals surface area contributed by atoms with Gasteiger partial charge in [-0.2, -0.15) is 13.2 Å². The molecule has 136 valence electrons. The van der Waals surface area contributed by atoms with Crippen LogP contribution in [0.2, 0.25) is 0 Å². The Balaban J connectivity index is 2.98. The molecule has 0 amide bonds. The Morgan fingerprint density at radius 3 is 2.42 bits per heavy atom. The van der Waals surface area contributed by atoms with E-state index in [2.05, 4.69) is 9.58 Å². The molecule has 0 aliphatic carbocycles. The first-order chi connectivity index (χ1) is 12.2. The van der Waals surface area contributed by atoms with E-state index in [0.29, 0.717) is 5.56 Å². The monoisotopic (exact) mass is 363 g/mol. The van der Waals surface area contributed by atoms with E-state index in [-0.39, 0.29) is 5.57 Å². The summed E-state index contributed by atoms with van der Waals surface area (Å²) >= 11 is 0. The number of alkyl halides is 3. The van der Waals surface area contributed by atoms with Gasteiger partial charge in [0.25, 0.3) is 5.70 Å². The lowest BCUT2D eigenvalue weighted by molar-refractivity contribution is -0.155. The molecule has 0 aliphatic rings. The minimum absolute atomic E-state index is 0.388. The van der Waals surface area contributed by atoms with Gasteiger partial charge in [-0.3, -0.25) is 0 Å². The Bertz CT molecular complexity index is 764. The maximum absolute atomic E-state index is 12.1. The second kappa shape index (κ2) is 9.28. The molecule has 1 aromatic rings. The summed E-state index contributed by atoms with van der Waals surface area (Å²) in [6, 6.07) is 8.70. The van der Waals surface area contributed by atoms with Crippen molar-refractivity contribution in [1.29, 1.82) is 5.26 Å². The minimum Gasteiger partial charge on any atom is -0.463 e. The molecule has 0 fully saturated rings. The Morgan fingerprint density at radius 1 is 1.35 bits per heavy atom. The van der Waals surface area contributed by atoms with Crippen LogP contribution in [0.25, 0.3) is 10.9 Å². The number of ether oxygens (including phenoxy) is 1. The van der Waals surface area contributed by atoms with Gasteiger partial charge in [-0.1, -0.05) is 24.3 Å². The molecule has 8 heteroatoms. The number of hydrogen-bond acceptors (Lipinski definition) is 4. The van der Waals surface area contributed by atoms with Gasteiger partial charge in [-0.25, -0.2) is 14.9 Å². The fourth-order valence-corrected chi connectivity index (χ4v) is 1.79. The molecule has 0 heterocycles. The van der Waals surface area contributed by atoms with E-state index < -0.39 is 30.9 Å². The predicted octanol–water partition coefficient (Wildman–Crippen LogP) is 3.96. The van der Waals surface area contributed by atoms with E-state index >= 15 is 0 Å². The van der Waals surface area contributed by atoms with E-state index in [1.807, 2.05) is 31.1 Å². The SMILES string of the molecule is [C-]#[N+]/C(C#N)=C(\C=C\c1ccc(N(C)C)cc1)C(=O)OCCC(F)(F)F. The number of carbonyl (C=O) groups excluding carboxylic acids is 1. The molecule has 5 nitrogen and oxygen atoms in total.